The summed E-state index contributed by atoms with van der Waals surface area (Å²) in [6.45, 7) is 7.82. The molecule has 0 bridgehead atoms. The van der Waals surface area contributed by atoms with Crippen LogP contribution in [0.4, 0.5) is 0 Å². The third-order valence-electron chi connectivity index (χ3n) is 3.18. The number of hydrogen-bond acceptors (Lipinski definition) is 5. The highest BCUT2D eigenvalue weighted by Crippen LogP contribution is 2.27. The van der Waals surface area contributed by atoms with E-state index in [1.54, 1.807) is 18.2 Å². The number of carbonyl (C=O) groups is 1. The van der Waals surface area contributed by atoms with Crippen molar-refractivity contribution in [2.24, 2.45) is 0 Å². The predicted molar refractivity (Wildman–Crippen MR) is 96.7 cm³/mol. The van der Waals surface area contributed by atoms with E-state index in [2.05, 4.69) is 15.5 Å². The fraction of sp³-hybridized carbons (Fsp3) is 0.438. The Labute approximate surface area is 155 Å². The molecule has 0 aliphatic carbocycles. The van der Waals surface area contributed by atoms with Crippen LogP contribution in [0.3, 0.4) is 0 Å². The van der Waals surface area contributed by atoms with E-state index in [0.717, 1.165) is 5.56 Å². The average molecular weight is 388 g/mol. The smallest absolute Gasteiger partial charge is 0.277 e. The number of halogens is 2. The Bertz CT molecular complexity index is 728. The molecule has 5 nitrogen and oxygen atoms in total. The molecule has 1 heterocycles. The van der Waals surface area contributed by atoms with Gasteiger partial charge in [0.15, 0.2) is 0 Å². The molecule has 0 unspecified atom stereocenters. The number of benzene rings is 1. The summed E-state index contributed by atoms with van der Waals surface area (Å²) in [4.78, 5) is 12.1. The number of aromatic nitrogens is 2. The molecule has 8 heteroatoms. The fourth-order valence-electron chi connectivity index (χ4n) is 1.91. The van der Waals surface area contributed by atoms with Crippen LogP contribution in [0.15, 0.2) is 27.8 Å². The lowest BCUT2D eigenvalue weighted by molar-refractivity contribution is -0.119. The number of amides is 1. The highest BCUT2D eigenvalue weighted by Gasteiger charge is 2.22. The molecular formula is C16H19Cl2N3O2S. The predicted octanol–water partition coefficient (Wildman–Crippen LogP) is 4.64. The van der Waals surface area contributed by atoms with Crippen LogP contribution >= 0.6 is 35.0 Å². The monoisotopic (exact) mass is 387 g/mol. The quantitative estimate of drug-likeness (QED) is 0.756. The van der Waals surface area contributed by atoms with Crippen molar-refractivity contribution >= 4 is 40.9 Å². The second kappa shape index (κ2) is 7.76. The molecule has 1 aromatic heterocycles. The van der Waals surface area contributed by atoms with Crippen molar-refractivity contribution in [3.63, 3.8) is 0 Å². The van der Waals surface area contributed by atoms with Crippen LogP contribution < -0.4 is 5.32 Å². The Morgan fingerprint density at radius 2 is 2.04 bits per heavy atom. The number of carbonyl (C=O) groups excluding carboxylic acids is 1. The maximum absolute atomic E-state index is 12.1. The fourth-order valence-corrected chi connectivity index (χ4v) is 3.06. The second-order valence-electron chi connectivity index (χ2n) is 6.37. The van der Waals surface area contributed by atoms with Gasteiger partial charge in [-0.2, -0.15) is 0 Å². The van der Waals surface area contributed by atoms with E-state index in [4.69, 9.17) is 27.6 Å². The largest absolute Gasteiger partial charge is 0.415 e. The average Bonchev–Trinajstić information content (AvgIpc) is 2.93. The van der Waals surface area contributed by atoms with Gasteiger partial charge in [0.25, 0.3) is 5.22 Å². The summed E-state index contributed by atoms with van der Waals surface area (Å²) >= 11 is 13.2. The highest BCUT2D eigenvalue weighted by molar-refractivity contribution is 7.99. The van der Waals surface area contributed by atoms with Gasteiger partial charge in [0, 0.05) is 15.5 Å². The van der Waals surface area contributed by atoms with Gasteiger partial charge in [-0.1, -0.05) is 61.8 Å². The molecule has 0 spiro atoms. The van der Waals surface area contributed by atoms with Crippen LogP contribution in [-0.2, 0) is 10.2 Å². The molecule has 0 saturated carbocycles. The van der Waals surface area contributed by atoms with Crippen LogP contribution in [0.5, 0.6) is 0 Å². The number of hydrogen-bond donors (Lipinski definition) is 1. The van der Waals surface area contributed by atoms with Gasteiger partial charge >= 0.3 is 0 Å². The first-order valence-corrected chi connectivity index (χ1v) is 9.12. The molecule has 0 aliphatic rings. The van der Waals surface area contributed by atoms with E-state index in [1.807, 2.05) is 27.7 Å². The first kappa shape index (κ1) is 19.1. The van der Waals surface area contributed by atoms with Crippen LogP contribution in [0.2, 0.25) is 10.0 Å². The normalized spacial score (nSPS) is 12.9. The Kier molecular flexibility index (Phi) is 6.17. The van der Waals surface area contributed by atoms with Crippen LogP contribution in [-0.4, -0.2) is 21.9 Å². The van der Waals surface area contributed by atoms with E-state index in [0.29, 0.717) is 21.2 Å². The summed E-state index contributed by atoms with van der Waals surface area (Å²) in [7, 11) is 0. The van der Waals surface area contributed by atoms with Crippen molar-refractivity contribution in [2.75, 3.05) is 5.75 Å². The summed E-state index contributed by atoms with van der Waals surface area (Å²) in [5, 5.41) is 12.3. The third-order valence-corrected chi connectivity index (χ3v) is 4.56. The Morgan fingerprint density at radius 3 is 2.62 bits per heavy atom. The lowest BCUT2D eigenvalue weighted by Gasteiger charge is -2.15. The molecule has 1 amide bonds. The third kappa shape index (κ3) is 5.13. The number of rotatable bonds is 5. The molecule has 130 valence electrons. The van der Waals surface area contributed by atoms with E-state index >= 15 is 0 Å². The SMILES string of the molecule is C[C@@H](NC(=O)CSc1nnc(C(C)(C)C)o1)c1ccc(Cl)cc1Cl. The summed E-state index contributed by atoms with van der Waals surface area (Å²) < 4.78 is 5.55. The minimum Gasteiger partial charge on any atom is -0.415 e. The molecule has 0 aliphatic heterocycles. The van der Waals surface area contributed by atoms with E-state index in [-0.39, 0.29) is 23.1 Å². The molecule has 24 heavy (non-hydrogen) atoms. The molecule has 1 N–H and O–H groups in total. The number of nitrogens with zero attached hydrogens (tertiary/aromatic N) is 2. The number of thioether (sulfide) groups is 1. The van der Waals surface area contributed by atoms with E-state index in [9.17, 15) is 4.79 Å². The minimum atomic E-state index is -0.226. The molecule has 0 saturated heterocycles. The van der Waals surface area contributed by atoms with Crippen molar-refractivity contribution in [1.29, 1.82) is 0 Å². The van der Waals surface area contributed by atoms with E-state index in [1.165, 1.54) is 11.8 Å². The van der Waals surface area contributed by atoms with Crippen molar-refractivity contribution in [3.05, 3.63) is 39.7 Å². The Balaban J connectivity index is 1.90. The van der Waals surface area contributed by atoms with E-state index < -0.39 is 0 Å². The van der Waals surface area contributed by atoms with Gasteiger partial charge < -0.3 is 9.73 Å². The van der Waals surface area contributed by atoms with Crippen LogP contribution in [0.25, 0.3) is 0 Å². The van der Waals surface area contributed by atoms with Gasteiger partial charge in [-0.25, -0.2) is 0 Å². The first-order valence-electron chi connectivity index (χ1n) is 7.38. The summed E-state index contributed by atoms with van der Waals surface area (Å²) in [6, 6.07) is 4.97. The van der Waals surface area contributed by atoms with Gasteiger partial charge in [-0.15, -0.1) is 10.2 Å². The lowest BCUT2D eigenvalue weighted by Crippen LogP contribution is -2.28. The lowest BCUT2D eigenvalue weighted by atomic mass is 9.97. The van der Waals surface area contributed by atoms with Gasteiger partial charge in [-0.05, 0) is 24.6 Å². The zero-order valence-electron chi connectivity index (χ0n) is 13.9. The maximum Gasteiger partial charge on any atom is 0.277 e. The highest BCUT2D eigenvalue weighted by atomic mass is 35.5. The summed E-state index contributed by atoms with van der Waals surface area (Å²) in [6.07, 6.45) is 0. The van der Waals surface area contributed by atoms with Crippen molar-refractivity contribution in [2.45, 2.75) is 44.4 Å². The van der Waals surface area contributed by atoms with Crippen LogP contribution in [0.1, 0.15) is 45.2 Å². The summed E-state index contributed by atoms with van der Waals surface area (Å²) in [5.74, 6) is 0.585. The second-order valence-corrected chi connectivity index (χ2v) is 8.14. The molecule has 1 atom stereocenters. The molecule has 2 aromatic rings. The topological polar surface area (TPSA) is 68.0 Å². The standard InChI is InChI=1S/C16H19Cl2N3O2S/c1-9(11-6-5-10(17)7-12(11)18)19-13(22)8-24-15-21-20-14(23-15)16(2,3)4/h5-7,9H,8H2,1-4H3,(H,19,22)/t9-/m1/s1. The number of nitrogens with one attached hydrogen (secondary N) is 1. The minimum absolute atomic E-state index is 0.144. The van der Waals surface area contributed by atoms with Crippen molar-refractivity contribution < 1.29 is 9.21 Å². The zero-order chi connectivity index (χ0) is 17.9. The van der Waals surface area contributed by atoms with Gasteiger partial charge in [0.2, 0.25) is 11.8 Å². The van der Waals surface area contributed by atoms with Gasteiger partial charge in [0.1, 0.15) is 0 Å². The van der Waals surface area contributed by atoms with Crippen molar-refractivity contribution in [1.82, 2.24) is 15.5 Å². The van der Waals surface area contributed by atoms with Gasteiger partial charge in [0.05, 0.1) is 11.8 Å². The molecule has 0 radical (unpaired) electrons. The molecule has 0 fully saturated rings. The molecular weight excluding hydrogens is 369 g/mol. The molecule has 2 rings (SSSR count). The van der Waals surface area contributed by atoms with Crippen molar-refractivity contribution in [3.8, 4) is 0 Å². The maximum atomic E-state index is 12.1. The molecule has 1 aromatic carbocycles. The van der Waals surface area contributed by atoms with Gasteiger partial charge in [-0.3, -0.25) is 4.79 Å². The Hall–Kier alpha value is -1.24. The zero-order valence-corrected chi connectivity index (χ0v) is 16.2. The Morgan fingerprint density at radius 1 is 1.33 bits per heavy atom. The first-order chi connectivity index (χ1) is 11.2. The summed E-state index contributed by atoms with van der Waals surface area (Å²) in [5.41, 5.74) is 0.598. The van der Waals surface area contributed by atoms with Crippen LogP contribution in [0, 0.1) is 0 Å².